The van der Waals surface area contributed by atoms with E-state index in [2.05, 4.69) is 279 Å². The SMILES string of the molecule is c1ccc(-c2ccc(-c3nc(-c4ccccc4)nc(-c4cccc5sc6cc(-c7cccc(-c8nc9ccccc9s8)c7)ccc6c45)n3)cc2)cc1.c1ccc(-c2cccc(-c3nc(-c4ccccc4)nc(-c4cccc5sc6cc(-c7cccc(-c8nc9ccccc9s8)c7)ccc6c45)n3)c2)cc1. The van der Waals surface area contributed by atoms with Crippen LogP contribution < -0.4 is 0 Å². The van der Waals surface area contributed by atoms with Gasteiger partial charge in [0.15, 0.2) is 34.9 Å². The molecule has 0 aliphatic heterocycles. The van der Waals surface area contributed by atoms with Crippen LogP contribution in [0.25, 0.3) is 195 Å². The van der Waals surface area contributed by atoms with E-state index in [-0.39, 0.29) is 0 Å². The molecule has 12 heteroatoms. The summed E-state index contributed by atoms with van der Waals surface area (Å²) in [5, 5.41) is 6.77. The Morgan fingerprint density at radius 3 is 0.904 bits per heavy atom. The van der Waals surface area contributed by atoms with Crippen molar-refractivity contribution in [1.29, 1.82) is 0 Å². The van der Waals surface area contributed by atoms with Crippen molar-refractivity contribution in [2.45, 2.75) is 0 Å². The summed E-state index contributed by atoms with van der Waals surface area (Å²) in [4.78, 5) is 40.4. The van der Waals surface area contributed by atoms with E-state index in [1.807, 2.05) is 60.7 Å². The van der Waals surface area contributed by atoms with Crippen molar-refractivity contribution in [2.24, 2.45) is 0 Å². The number of hydrogen-bond acceptors (Lipinski definition) is 12. The summed E-state index contributed by atoms with van der Waals surface area (Å²) < 4.78 is 7.24. The lowest BCUT2D eigenvalue weighted by Gasteiger charge is -2.10. The number of thiazole rings is 2. The first-order valence-electron chi connectivity index (χ1n) is 34.3. The Bertz CT molecular complexity index is 6540. The lowest BCUT2D eigenvalue weighted by Crippen LogP contribution is -2.00. The minimum atomic E-state index is 0.647. The molecule has 0 saturated carbocycles. The third kappa shape index (κ3) is 12.2. The topological polar surface area (TPSA) is 103 Å². The Kier molecular flexibility index (Phi) is 16.2. The highest BCUT2D eigenvalue weighted by Gasteiger charge is 2.21. The van der Waals surface area contributed by atoms with Gasteiger partial charge in [0.2, 0.25) is 0 Å². The first kappa shape index (κ1) is 62.3. The van der Waals surface area contributed by atoms with Crippen LogP contribution in [0.15, 0.2) is 340 Å². The minimum Gasteiger partial charge on any atom is -0.236 e. The zero-order chi connectivity index (χ0) is 68.9. The molecule has 0 N–H and O–H groups in total. The predicted octanol–water partition coefficient (Wildman–Crippen LogP) is 25.7. The maximum Gasteiger partial charge on any atom is 0.164 e. The minimum absolute atomic E-state index is 0.647. The van der Waals surface area contributed by atoms with E-state index in [0.717, 1.165) is 93.0 Å². The lowest BCUT2D eigenvalue weighted by atomic mass is 10.00. The van der Waals surface area contributed by atoms with Gasteiger partial charge in [0.05, 0.1) is 20.4 Å². The third-order valence-corrected chi connectivity index (χ3v) is 23.2. The number of aromatic nitrogens is 8. The molecule has 0 aliphatic carbocycles. The normalized spacial score (nSPS) is 11.5. The molecule has 14 aromatic carbocycles. The van der Waals surface area contributed by atoms with Crippen molar-refractivity contribution >= 4 is 106 Å². The van der Waals surface area contributed by atoms with Gasteiger partial charge in [-0.3, -0.25) is 0 Å². The Balaban J connectivity index is 0.000000143. The Labute approximate surface area is 615 Å². The Morgan fingerprint density at radius 1 is 0.163 bits per heavy atom. The van der Waals surface area contributed by atoms with Gasteiger partial charge in [-0.1, -0.05) is 273 Å². The summed E-state index contributed by atoms with van der Waals surface area (Å²) in [6.07, 6.45) is 0. The van der Waals surface area contributed by atoms with E-state index in [1.54, 1.807) is 45.3 Å². The van der Waals surface area contributed by atoms with Crippen LogP contribution in [0.3, 0.4) is 0 Å². The van der Waals surface area contributed by atoms with Crippen molar-refractivity contribution in [2.75, 3.05) is 0 Å². The van der Waals surface area contributed by atoms with Crippen LogP contribution in [0, 0.1) is 0 Å². The summed E-state index contributed by atoms with van der Waals surface area (Å²) in [6.45, 7) is 0. The molecule has 0 radical (unpaired) electrons. The maximum absolute atomic E-state index is 5.17. The molecule has 0 aliphatic rings. The lowest BCUT2D eigenvalue weighted by molar-refractivity contribution is 1.08. The fourth-order valence-electron chi connectivity index (χ4n) is 13.6. The van der Waals surface area contributed by atoms with Crippen LogP contribution in [-0.4, -0.2) is 39.9 Å². The van der Waals surface area contributed by atoms with Crippen molar-refractivity contribution in [3.05, 3.63) is 340 Å². The van der Waals surface area contributed by atoms with Crippen LogP contribution in [-0.2, 0) is 0 Å². The Hall–Kier alpha value is -12.7. The van der Waals surface area contributed by atoms with Crippen molar-refractivity contribution < 1.29 is 0 Å². The number of benzene rings is 14. The van der Waals surface area contributed by atoms with Crippen LogP contribution >= 0.6 is 45.3 Å². The van der Waals surface area contributed by atoms with Crippen molar-refractivity contribution in [1.82, 2.24) is 39.9 Å². The smallest absolute Gasteiger partial charge is 0.164 e. The van der Waals surface area contributed by atoms with E-state index in [9.17, 15) is 0 Å². The zero-order valence-corrected chi connectivity index (χ0v) is 58.8. The third-order valence-electron chi connectivity index (χ3n) is 18.8. The van der Waals surface area contributed by atoms with Crippen LogP contribution in [0.5, 0.6) is 0 Å². The molecule has 0 atom stereocenters. The fraction of sp³-hybridized carbons (Fsp3) is 0. The molecule has 6 heterocycles. The molecule has 0 spiro atoms. The van der Waals surface area contributed by atoms with Crippen LogP contribution in [0.2, 0.25) is 0 Å². The number of fused-ring (bicyclic) bond motifs is 8. The molecule has 488 valence electrons. The summed E-state index contributed by atoms with van der Waals surface area (Å²) >= 11 is 7.07. The van der Waals surface area contributed by atoms with E-state index < -0.39 is 0 Å². The summed E-state index contributed by atoms with van der Waals surface area (Å²) in [6, 6.07) is 119. The second-order valence-electron chi connectivity index (χ2n) is 25.4. The number of hydrogen-bond donors (Lipinski definition) is 0. The predicted molar refractivity (Wildman–Crippen MR) is 437 cm³/mol. The van der Waals surface area contributed by atoms with Gasteiger partial charge in [-0.05, 0) is 111 Å². The molecular weight excluding hydrogens is 1350 g/mol. The van der Waals surface area contributed by atoms with E-state index >= 15 is 0 Å². The quantitative estimate of drug-likeness (QED) is 0.119. The molecule has 6 aromatic heterocycles. The summed E-state index contributed by atoms with van der Waals surface area (Å²) in [5.74, 6) is 3.92. The van der Waals surface area contributed by atoms with Gasteiger partial charge in [-0.2, -0.15) is 0 Å². The van der Waals surface area contributed by atoms with Gasteiger partial charge in [0.1, 0.15) is 10.0 Å². The monoisotopic (exact) mass is 1400 g/mol. The van der Waals surface area contributed by atoms with Crippen molar-refractivity contribution in [3.8, 4) is 134 Å². The second kappa shape index (κ2) is 27.0. The van der Waals surface area contributed by atoms with E-state index in [0.29, 0.717) is 34.9 Å². The average molecular weight is 1400 g/mol. The zero-order valence-electron chi connectivity index (χ0n) is 55.5. The van der Waals surface area contributed by atoms with Gasteiger partial charge in [-0.25, -0.2) is 39.9 Å². The molecule has 0 bridgehead atoms. The molecule has 20 aromatic rings. The highest BCUT2D eigenvalue weighted by atomic mass is 32.1. The molecule has 8 nitrogen and oxygen atoms in total. The van der Waals surface area contributed by atoms with Gasteiger partial charge in [-0.15, -0.1) is 45.3 Å². The number of thiophene rings is 2. The average Bonchev–Trinajstić information content (AvgIpc) is 1.59. The molecule has 0 fully saturated rings. The molecule has 0 unspecified atom stereocenters. The maximum atomic E-state index is 5.17. The standard InChI is InChI=1S/2C46H28N4S2/c1-3-12-29(13-4-1)31-16-9-18-34(26-31)44-48-43(30-14-5-2-6-15-30)49-45(50-44)37-20-11-23-40-42(37)36-25-24-33(28-41(36)51-40)32-17-10-19-35(27-32)46-47-38-21-7-8-22-39(38)52-46;1-3-11-29(12-4-1)30-21-23-32(24-22-30)44-48-43(31-13-5-2-6-14-31)49-45(50-44)37-17-10-20-40-42(37)36-26-25-34(28-41(36)51-40)33-15-9-16-35(27-33)46-47-38-18-7-8-19-39(38)52-46/h2*1-28H. The molecule has 0 amide bonds. The van der Waals surface area contributed by atoms with Crippen molar-refractivity contribution in [3.63, 3.8) is 0 Å². The van der Waals surface area contributed by atoms with Gasteiger partial charge < -0.3 is 0 Å². The van der Waals surface area contributed by atoms with Crippen LogP contribution in [0.4, 0.5) is 0 Å². The first-order valence-corrected chi connectivity index (χ1v) is 37.5. The Morgan fingerprint density at radius 2 is 0.452 bits per heavy atom. The van der Waals surface area contributed by atoms with Gasteiger partial charge in [0.25, 0.3) is 0 Å². The fourth-order valence-corrected chi connectivity index (χ4v) is 17.9. The number of para-hydroxylation sites is 2. The van der Waals surface area contributed by atoms with Gasteiger partial charge in [0, 0.05) is 84.9 Å². The van der Waals surface area contributed by atoms with Gasteiger partial charge >= 0.3 is 0 Å². The molecular formula is C92H56N8S4. The largest absolute Gasteiger partial charge is 0.236 e. The summed E-state index contributed by atoms with van der Waals surface area (Å²) in [5.41, 5.74) is 19.4. The van der Waals surface area contributed by atoms with Crippen LogP contribution in [0.1, 0.15) is 0 Å². The molecule has 0 saturated heterocycles. The highest BCUT2D eigenvalue weighted by Crippen LogP contribution is 2.45. The van der Waals surface area contributed by atoms with E-state index in [4.69, 9.17) is 39.9 Å². The first-order chi connectivity index (χ1) is 51.5. The highest BCUT2D eigenvalue weighted by molar-refractivity contribution is 7.26. The summed E-state index contributed by atoms with van der Waals surface area (Å²) in [7, 11) is 0. The molecule has 20 rings (SSSR count). The number of nitrogens with zero attached hydrogens (tertiary/aromatic N) is 8. The molecule has 104 heavy (non-hydrogen) atoms. The van der Waals surface area contributed by atoms with E-state index in [1.165, 1.54) is 66.8 Å². The number of rotatable bonds is 12. The second-order valence-corrected chi connectivity index (χ2v) is 29.6.